The average molecular weight is 386 g/mol. The number of hydrazone groups is 1. The molecule has 1 spiro atoms. The maximum absolute atomic E-state index is 14.1. The second-order valence-corrected chi connectivity index (χ2v) is 8.01. The molecule has 4 rings (SSSR count). The normalized spacial score (nSPS) is 29.0. The van der Waals surface area contributed by atoms with Crippen LogP contribution >= 0.6 is 0 Å². The Morgan fingerprint density at radius 1 is 1.07 bits per heavy atom. The molecule has 2 aromatic rings. The van der Waals surface area contributed by atoms with Crippen molar-refractivity contribution >= 4 is 23.6 Å². The van der Waals surface area contributed by atoms with Gasteiger partial charge in [0, 0.05) is 5.92 Å². The molecule has 0 saturated carbocycles. The molecule has 1 aliphatic heterocycles. The van der Waals surface area contributed by atoms with E-state index in [0.717, 1.165) is 29.7 Å². The fourth-order valence-corrected chi connectivity index (χ4v) is 5.42. The molecule has 4 atom stereocenters. The zero-order valence-corrected chi connectivity index (χ0v) is 17.1. The lowest BCUT2D eigenvalue weighted by atomic mass is 9.53. The number of hydrogen-bond acceptors (Lipinski definition) is 3. The second-order valence-electron chi connectivity index (χ2n) is 8.01. The lowest BCUT2D eigenvalue weighted by Gasteiger charge is -2.47. The van der Waals surface area contributed by atoms with Gasteiger partial charge < -0.3 is 0 Å². The van der Waals surface area contributed by atoms with Crippen LogP contribution in [0.4, 0.5) is 5.69 Å². The molecule has 0 bridgehead atoms. The van der Waals surface area contributed by atoms with Gasteiger partial charge >= 0.3 is 0 Å². The third-order valence-corrected chi connectivity index (χ3v) is 6.57. The van der Waals surface area contributed by atoms with Crippen LogP contribution in [0.3, 0.4) is 0 Å². The maximum atomic E-state index is 14.1. The standard InChI is InChI=1S/C25H26N2O2/c1-4-22-17(2)15-20(16-28)23(19-11-7-5-8-12-19)25(22)18(3)26-27(24(25)29)21-13-9-6-10-14-21/h5-17,22-23H,4H2,1-3H3/t17-,22+,23+,25+/m0/s1. The van der Waals surface area contributed by atoms with Crippen molar-refractivity contribution in [3.63, 3.8) is 0 Å². The molecule has 148 valence electrons. The monoisotopic (exact) mass is 386 g/mol. The zero-order chi connectivity index (χ0) is 20.6. The Balaban J connectivity index is 1.96. The molecule has 0 aromatic heterocycles. The minimum atomic E-state index is -0.865. The van der Waals surface area contributed by atoms with Crippen molar-refractivity contribution in [3.8, 4) is 0 Å². The van der Waals surface area contributed by atoms with Gasteiger partial charge in [0.25, 0.3) is 5.91 Å². The van der Waals surface area contributed by atoms with Crippen LogP contribution in [0.2, 0.25) is 0 Å². The fourth-order valence-electron chi connectivity index (χ4n) is 5.42. The van der Waals surface area contributed by atoms with Crippen molar-refractivity contribution in [1.29, 1.82) is 0 Å². The molecule has 1 aliphatic carbocycles. The van der Waals surface area contributed by atoms with E-state index in [2.05, 4.69) is 19.9 Å². The van der Waals surface area contributed by atoms with Crippen molar-refractivity contribution in [2.24, 2.45) is 22.4 Å². The first kappa shape index (κ1) is 19.3. The number of hydrogen-bond donors (Lipinski definition) is 0. The molecule has 0 saturated heterocycles. The van der Waals surface area contributed by atoms with Gasteiger partial charge in [0.05, 0.1) is 11.4 Å². The maximum Gasteiger partial charge on any atom is 0.260 e. The molecule has 1 amide bonds. The van der Waals surface area contributed by atoms with E-state index in [1.807, 2.05) is 67.6 Å². The molecular formula is C25H26N2O2. The third-order valence-electron chi connectivity index (χ3n) is 6.57. The Hall–Kier alpha value is -3.01. The van der Waals surface area contributed by atoms with E-state index in [9.17, 15) is 9.59 Å². The minimum Gasteiger partial charge on any atom is -0.298 e. The highest BCUT2D eigenvalue weighted by molar-refractivity contribution is 6.20. The number of rotatable bonds is 4. The molecule has 29 heavy (non-hydrogen) atoms. The number of anilines is 1. The van der Waals surface area contributed by atoms with E-state index in [1.165, 1.54) is 5.01 Å². The summed E-state index contributed by atoms with van der Waals surface area (Å²) in [4.78, 5) is 26.3. The molecule has 1 heterocycles. The first-order valence-corrected chi connectivity index (χ1v) is 10.2. The molecular weight excluding hydrogens is 360 g/mol. The number of nitrogens with zero attached hydrogens (tertiary/aromatic N) is 2. The zero-order valence-electron chi connectivity index (χ0n) is 17.1. The van der Waals surface area contributed by atoms with Gasteiger partial charge in [-0.3, -0.25) is 9.59 Å². The highest BCUT2D eigenvalue weighted by Crippen LogP contribution is 2.57. The molecule has 0 radical (unpaired) electrons. The van der Waals surface area contributed by atoms with Crippen LogP contribution < -0.4 is 5.01 Å². The first-order chi connectivity index (χ1) is 14.1. The van der Waals surface area contributed by atoms with Gasteiger partial charge in [-0.25, -0.2) is 0 Å². The van der Waals surface area contributed by atoms with Crippen molar-refractivity contribution in [1.82, 2.24) is 0 Å². The van der Waals surface area contributed by atoms with Gasteiger partial charge in [0.2, 0.25) is 0 Å². The van der Waals surface area contributed by atoms with E-state index >= 15 is 0 Å². The van der Waals surface area contributed by atoms with Gasteiger partial charge in [-0.1, -0.05) is 74.9 Å². The summed E-state index contributed by atoms with van der Waals surface area (Å²) in [6.45, 7) is 6.17. The summed E-state index contributed by atoms with van der Waals surface area (Å²) in [5, 5.41) is 6.29. The lowest BCUT2D eigenvalue weighted by Crippen LogP contribution is -2.53. The van der Waals surface area contributed by atoms with Crippen molar-refractivity contribution in [2.75, 3.05) is 5.01 Å². The smallest absolute Gasteiger partial charge is 0.260 e. The van der Waals surface area contributed by atoms with Crippen LogP contribution in [0.15, 0.2) is 77.4 Å². The van der Waals surface area contributed by atoms with Crippen LogP contribution in [0.1, 0.15) is 38.7 Å². The van der Waals surface area contributed by atoms with Crippen molar-refractivity contribution < 1.29 is 9.59 Å². The summed E-state index contributed by atoms with van der Waals surface area (Å²) in [5.41, 5.74) is 2.33. The largest absolute Gasteiger partial charge is 0.298 e. The van der Waals surface area contributed by atoms with Crippen LogP contribution in [-0.4, -0.2) is 17.9 Å². The number of allylic oxidation sites excluding steroid dienone is 2. The molecule has 2 aromatic carbocycles. The number of carbonyl (C=O) groups is 2. The molecule has 4 heteroatoms. The summed E-state index contributed by atoms with van der Waals surface area (Å²) in [6, 6.07) is 19.4. The number of aldehydes is 1. The van der Waals surface area contributed by atoms with E-state index in [4.69, 9.17) is 5.10 Å². The quantitative estimate of drug-likeness (QED) is 0.696. The van der Waals surface area contributed by atoms with Crippen LogP contribution in [0.25, 0.3) is 0 Å². The summed E-state index contributed by atoms with van der Waals surface area (Å²) in [6.07, 6.45) is 3.80. The lowest BCUT2D eigenvalue weighted by molar-refractivity contribution is -0.128. The number of para-hydroxylation sites is 1. The van der Waals surface area contributed by atoms with Crippen LogP contribution in [-0.2, 0) is 9.59 Å². The average Bonchev–Trinajstić information content (AvgIpc) is 3.00. The predicted octanol–water partition coefficient (Wildman–Crippen LogP) is 4.98. The third kappa shape index (κ3) is 2.78. The first-order valence-electron chi connectivity index (χ1n) is 10.2. The number of benzene rings is 2. The summed E-state index contributed by atoms with van der Waals surface area (Å²) < 4.78 is 0. The molecule has 4 nitrogen and oxygen atoms in total. The SMILES string of the molecule is CC[C@@H]1[C@@H](C)C=C(C=O)[C@@H](c2ccccc2)[C@]12C(=O)N(c1ccccc1)N=C2C. The van der Waals surface area contributed by atoms with E-state index in [-0.39, 0.29) is 23.7 Å². The Kier molecular flexibility index (Phi) is 4.95. The highest BCUT2D eigenvalue weighted by atomic mass is 16.2. The Morgan fingerprint density at radius 3 is 2.28 bits per heavy atom. The topological polar surface area (TPSA) is 49.7 Å². The summed E-state index contributed by atoms with van der Waals surface area (Å²) >= 11 is 0. The molecule has 0 N–H and O–H groups in total. The van der Waals surface area contributed by atoms with Crippen LogP contribution in [0, 0.1) is 17.3 Å². The number of carbonyl (C=O) groups excluding carboxylic acids is 2. The van der Waals surface area contributed by atoms with Gasteiger partial charge in [-0.15, -0.1) is 0 Å². The molecule has 2 aliphatic rings. The fraction of sp³-hybridized carbons (Fsp3) is 0.320. The Morgan fingerprint density at radius 2 is 1.69 bits per heavy atom. The van der Waals surface area contributed by atoms with E-state index < -0.39 is 5.41 Å². The second kappa shape index (κ2) is 7.43. The highest BCUT2D eigenvalue weighted by Gasteiger charge is 2.62. The molecule has 0 fully saturated rings. The van der Waals surface area contributed by atoms with Gasteiger partial charge in [0.1, 0.15) is 11.7 Å². The Bertz CT molecular complexity index is 980. The van der Waals surface area contributed by atoms with Crippen LogP contribution in [0.5, 0.6) is 0 Å². The van der Waals surface area contributed by atoms with E-state index in [1.54, 1.807) is 0 Å². The van der Waals surface area contributed by atoms with Gasteiger partial charge in [0.15, 0.2) is 0 Å². The van der Waals surface area contributed by atoms with Gasteiger partial charge in [-0.05, 0) is 42.0 Å². The summed E-state index contributed by atoms with van der Waals surface area (Å²) in [5.74, 6) is -0.222. The predicted molar refractivity (Wildman–Crippen MR) is 116 cm³/mol. The summed E-state index contributed by atoms with van der Waals surface area (Å²) in [7, 11) is 0. The molecule has 0 unspecified atom stereocenters. The van der Waals surface area contributed by atoms with Crippen molar-refractivity contribution in [3.05, 3.63) is 77.9 Å². The Labute approximate surface area is 171 Å². The minimum absolute atomic E-state index is 0.0406. The van der Waals surface area contributed by atoms with Crippen molar-refractivity contribution in [2.45, 2.75) is 33.1 Å². The van der Waals surface area contributed by atoms with Gasteiger partial charge in [-0.2, -0.15) is 10.1 Å². The number of amides is 1. The van der Waals surface area contributed by atoms with E-state index in [0.29, 0.717) is 5.57 Å².